The van der Waals surface area contributed by atoms with Crippen molar-refractivity contribution in [1.29, 1.82) is 0 Å². The maximum absolute atomic E-state index is 12.5. The van der Waals surface area contributed by atoms with Gasteiger partial charge in [0, 0.05) is 26.1 Å². The Bertz CT molecular complexity index is 447. The van der Waals surface area contributed by atoms with E-state index in [9.17, 15) is 4.79 Å². The van der Waals surface area contributed by atoms with Gasteiger partial charge in [-0.15, -0.1) is 0 Å². The molecular formula is C18H27NO2. The van der Waals surface area contributed by atoms with Crippen LogP contribution < -0.4 is 0 Å². The van der Waals surface area contributed by atoms with Crippen molar-refractivity contribution in [3.8, 4) is 0 Å². The maximum Gasteiger partial charge on any atom is 0.223 e. The standard InChI is InChI=1S/C18H27NO2/c1-3-16(17-6-4-14(2)5-7-17)12-18(21)19-10-8-15(13-20)9-11-19/h4-7,15-16,20H,3,8-13H2,1-2H3. The van der Waals surface area contributed by atoms with Crippen molar-refractivity contribution in [2.24, 2.45) is 5.92 Å². The average molecular weight is 289 g/mol. The number of aliphatic hydroxyl groups is 1. The lowest BCUT2D eigenvalue weighted by Gasteiger charge is -2.32. The zero-order valence-electron chi connectivity index (χ0n) is 13.2. The lowest BCUT2D eigenvalue weighted by molar-refractivity contribution is -0.133. The van der Waals surface area contributed by atoms with Crippen LogP contribution in [-0.4, -0.2) is 35.6 Å². The topological polar surface area (TPSA) is 40.5 Å². The third-order valence-electron chi connectivity index (χ3n) is 4.69. The molecular weight excluding hydrogens is 262 g/mol. The average Bonchev–Trinajstić information content (AvgIpc) is 2.53. The highest BCUT2D eigenvalue weighted by atomic mass is 16.3. The van der Waals surface area contributed by atoms with E-state index in [-0.39, 0.29) is 12.5 Å². The van der Waals surface area contributed by atoms with E-state index in [0.29, 0.717) is 18.3 Å². The number of hydrogen-bond acceptors (Lipinski definition) is 2. The normalized spacial score (nSPS) is 17.8. The van der Waals surface area contributed by atoms with Gasteiger partial charge in [0.1, 0.15) is 0 Å². The van der Waals surface area contributed by atoms with Gasteiger partial charge in [0.2, 0.25) is 5.91 Å². The van der Waals surface area contributed by atoms with Crippen LogP contribution >= 0.6 is 0 Å². The summed E-state index contributed by atoms with van der Waals surface area (Å²) in [5.41, 5.74) is 2.52. The van der Waals surface area contributed by atoms with E-state index < -0.39 is 0 Å². The molecule has 3 nitrogen and oxygen atoms in total. The van der Waals surface area contributed by atoms with Gasteiger partial charge in [0.05, 0.1) is 0 Å². The predicted octanol–water partition coefficient (Wildman–Crippen LogP) is 3.11. The zero-order chi connectivity index (χ0) is 15.2. The van der Waals surface area contributed by atoms with Crippen LogP contribution in [-0.2, 0) is 4.79 Å². The maximum atomic E-state index is 12.5. The van der Waals surface area contributed by atoms with E-state index >= 15 is 0 Å². The highest BCUT2D eigenvalue weighted by Gasteiger charge is 2.24. The molecule has 1 heterocycles. The summed E-state index contributed by atoms with van der Waals surface area (Å²) in [6.45, 7) is 6.09. The Morgan fingerprint density at radius 1 is 1.29 bits per heavy atom. The summed E-state index contributed by atoms with van der Waals surface area (Å²) in [6, 6.07) is 8.54. The lowest BCUT2D eigenvalue weighted by atomic mass is 9.91. The van der Waals surface area contributed by atoms with Gasteiger partial charge in [0.25, 0.3) is 0 Å². The highest BCUT2D eigenvalue weighted by Crippen LogP contribution is 2.26. The molecule has 0 bridgehead atoms. The number of nitrogens with zero attached hydrogens (tertiary/aromatic N) is 1. The molecule has 1 aliphatic rings. The van der Waals surface area contributed by atoms with Crippen LogP contribution in [0.2, 0.25) is 0 Å². The van der Waals surface area contributed by atoms with Crippen LogP contribution in [0.4, 0.5) is 0 Å². The first-order valence-electron chi connectivity index (χ1n) is 8.09. The zero-order valence-corrected chi connectivity index (χ0v) is 13.2. The van der Waals surface area contributed by atoms with Crippen LogP contribution in [0.5, 0.6) is 0 Å². The molecule has 116 valence electrons. The predicted molar refractivity (Wildman–Crippen MR) is 85.2 cm³/mol. The first kappa shape index (κ1) is 16.0. The molecule has 3 heteroatoms. The van der Waals surface area contributed by atoms with Gasteiger partial charge < -0.3 is 10.0 Å². The van der Waals surface area contributed by atoms with Crippen LogP contribution in [0.3, 0.4) is 0 Å². The molecule has 1 aromatic carbocycles. The Morgan fingerprint density at radius 3 is 2.43 bits per heavy atom. The molecule has 1 N–H and O–H groups in total. The molecule has 0 saturated carbocycles. The number of aliphatic hydroxyl groups excluding tert-OH is 1. The van der Waals surface area contributed by atoms with Crippen molar-refractivity contribution in [1.82, 2.24) is 4.90 Å². The molecule has 1 unspecified atom stereocenters. The second-order valence-electron chi connectivity index (χ2n) is 6.23. The van der Waals surface area contributed by atoms with Crippen LogP contribution in [0.15, 0.2) is 24.3 Å². The summed E-state index contributed by atoms with van der Waals surface area (Å²) in [5, 5.41) is 9.17. The number of hydrogen-bond donors (Lipinski definition) is 1. The molecule has 0 radical (unpaired) electrons. The van der Waals surface area contributed by atoms with Gasteiger partial charge in [0.15, 0.2) is 0 Å². The minimum atomic E-state index is 0.253. The van der Waals surface area contributed by atoms with Gasteiger partial charge >= 0.3 is 0 Å². The van der Waals surface area contributed by atoms with Crippen LogP contribution in [0.1, 0.15) is 49.7 Å². The summed E-state index contributed by atoms with van der Waals surface area (Å²) < 4.78 is 0. The molecule has 1 aliphatic heterocycles. The van der Waals surface area contributed by atoms with Crippen molar-refractivity contribution in [3.63, 3.8) is 0 Å². The summed E-state index contributed by atoms with van der Waals surface area (Å²) >= 11 is 0. The number of rotatable bonds is 5. The van der Waals surface area contributed by atoms with Gasteiger partial charge in [-0.2, -0.15) is 0 Å². The Kier molecular flexibility index (Phi) is 5.80. The van der Waals surface area contributed by atoms with Crippen molar-refractivity contribution in [3.05, 3.63) is 35.4 Å². The summed E-state index contributed by atoms with van der Waals surface area (Å²) in [7, 11) is 0. The van der Waals surface area contributed by atoms with Crippen molar-refractivity contribution in [2.75, 3.05) is 19.7 Å². The smallest absolute Gasteiger partial charge is 0.223 e. The molecule has 21 heavy (non-hydrogen) atoms. The Balaban J connectivity index is 1.92. The Hall–Kier alpha value is -1.35. The second-order valence-corrected chi connectivity index (χ2v) is 6.23. The third kappa shape index (κ3) is 4.31. The second kappa shape index (κ2) is 7.60. The fourth-order valence-electron chi connectivity index (χ4n) is 3.04. The summed E-state index contributed by atoms with van der Waals surface area (Å²) in [6.07, 6.45) is 3.46. The number of piperidine rings is 1. The molecule has 1 atom stereocenters. The fourth-order valence-corrected chi connectivity index (χ4v) is 3.04. The lowest BCUT2D eigenvalue weighted by Crippen LogP contribution is -2.39. The van der Waals surface area contributed by atoms with E-state index in [1.807, 2.05) is 4.90 Å². The van der Waals surface area contributed by atoms with Gasteiger partial charge in [-0.05, 0) is 43.6 Å². The number of likely N-dealkylation sites (tertiary alicyclic amines) is 1. The SMILES string of the molecule is CCC(CC(=O)N1CCC(CO)CC1)c1ccc(C)cc1. The minimum absolute atomic E-state index is 0.253. The Labute approximate surface area is 128 Å². The van der Waals surface area contributed by atoms with Crippen molar-refractivity contribution in [2.45, 2.75) is 45.4 Å². The number of carbonyl (C=O) groups is 1. The van der Waals surface area contributed by atoms with Gasteiger partial charge in [-0.1, -0.05) is 36.8 Å². The Morgan fingerprint density at radius 2 is 1.90 bits per heavy atom. The van der Waals surface area contributed by atoms with Crippen molar-refractivity contribution < 1.29 is 9.90 Å². The largest absolute Gasteiger partial charge is 0.396 e. The van der Waals surface area contributed by atoms with E-state index in [2.05, 4.69) is 38.1 Å². The van der Waals surface area contributed by atoms with E-state index in [0.717, 1.165) is 32.4 Å². The quantitative estimate of drug-likeness (QED) is 0.905. The van der Waals surface area contributed by atoms with E-state index in [4.69, 9.17) is 5.11 Å². The number of aryl methyl sites for hydroxylation is 1. The first-order valence-corrected chi connectivity index (χ1v) is 8.09. The highest BCUT2D eigenvalue weighted by molar-refractivity contribution is 5.77. The van der Waals surface area contributed by atoms with E-state index in [1.54, 1.807) is 0 Å². The van der Waals surface area contributed by atoms with Gasteiger partial charge in [-0.3, -0.25) is 4.79 Å². The molecule has 1 saturated heterocycles. The van der Waals surface area contributed by atoms with Crippen molar-refractivity contribution >= 4 is 5.91 Å². The molecule has 1 amide bonds. The molecule has 1 aromatic rings. The summed E-state index contributed by atoms with van der Waals surface area (Å²) in [4.78, 5) is 14.4. The number of benzene rings is 1. The number of carbonyl (C=O) groups excluding carboxylic acids is 1. The summed E-state index contributed by atoms with van der Waals surface area (Å²) in [5.74, 6) is 0.959. The van der Waals surface area contributed by atoms with E-state index in [1.165, 1.54) is 11.1 Å². The molecule has 2 rings (SSSR count). The van der Waals surface area contributed by atoms with Gasteiger partial charge in [-0.25, -0.2) is 0 Å². The molecule has 0 aliphatic carbocycles. The molecule has 1 fully saturated rings. The van der Waals surface area contributed by atoms with Crippen LogP contribution in [0, 0.1) is 12.8 Å². The third-order valence-corrected chi connectivity index (χ3v) is 4.69. The molecule has 0 spiro atoms. The minimum Gasteiger partial charge on any atom is -0.396 e. The first-order chi connectivity index (χ1) is 10.1. The fraction of sp³-hybridized carbons (Fsp3) is 0.611. The monoisotopic (exact) mass is 289 g/mol. The number of amides is 1. The van der Waals surface area contributed by atoms with Crippen LogP contribution in [0.25, 0.3) is 0 Å². The molecule has 0 aromatic heterocycles.